The van der Waals surface area contributed by atoms with Crippen molar-refractivity contribution < 1.29 is 4.39 Å². The molecular formula is C21H31FIN7. The third-order valence-corrected chi connectivity index (χ3v) is 5.20. The molecule has 164 valence electrons. The zero-order valence-corrected chi connectivity index (χ0v) is 20.1. The molecule has 0 aliphatic carbocycles. The summed E-state index contributed by atoms with van der Waals surface area (Å²) in [5, 5.41) is 6.68. The van der Waals surface area contributed by atoms with Gasteiger partial charge in [0.05, 0.1) is 6.04 Å². The van der Waals surface area contributed by atoms with E-state index in [1.54, 1.807) is 38.5 Å². The van der Waals surface area contributed by atoms with Crippen LogP contribution in [-0.2, 0) is 0 Å². The molecule has 0 radical (unpaired) electrons. The van der Waals surface area contributed by atoms with Crippen molar-refractivity contribution in [2.45, 2.75) is 19.9 Å². The first-order valence-electron chi connectivity index (χ1n) is 10.0. The second kappa shape index (κ2) is 12.0. The van der Waals surface area contributed by atoms with Crippen molar-refractivity contribution >= 4 is 35.9 Å². The van der Waals surface area contributed by atoms with E-state index in [-0.39, 0.29) is 35.8 Å². The highest BCUT2D eigenvalue weighted by atomic mass is 127. The zero-order valence-electron chi connectivity index (χ0n) is 17.8. The molecule has 0 bridgehead atoms. The summed E-state index contributed by atoms with van der Waals surface area (Å²) in [6.07, 6.45) is 3.56. The summed E-state index contributed by atoms with van der Waals surface area (Å²) in [4.78, 5) is 17.6. The van der Waals surface area contributed by atoms with E-state index >= 15 is 0 Å². The van der Waals surface area contributed by atoms with Gasteiger partial charge in [0.25, 0.3) is 0 Å². The fourth-order valence-corrected chi connectivity index (χ4v) is 3.32. The molecule has 1 aliphatic heterocycles. The lowest BCUT2D eigenvalue weighted by Crippen LogP contribution is -2.49. The minimum atomic E-state index is -0.181. The molecule has 2 heterocycles. The van der Waals surface area contributed by atoms with Crippen LogP contribution in [-0.4, -0.2) is 67.1 Å². The Morgan fingerprint density at radius 2 is 1.90 bits per heavy atom. The van der Waals surface area contributed by atoms with Gasteiger partial charge in [0.2, 0.25) is 5.95 Å². The lowest BCUT2D eigenvalue weighted by atomic mass is 10.1. The Morgan fingerprint density at radius 3 is 2.53 bits per heavy atom. The molecule has 0 saturated carbocycles. The van der Waals surface area contributed by atoms with Crippen LogP contribution in [0.1, 0.15) is 24.1 Å². The van der Waals surface area contributed by atoms with Crippen molar-refractivity contribution in [3.05, 3.63) is 53.6 Å². The largest absolute Gasteiger partial charge is 0.355 e. The van der Waals surface area contributed by atoms with Crippen LogP contribution in [0, 0.1) is 12.7 Å². The molecule has 30 heavy (non-hydrogen) atoms. The molecule has 1 atom stereocenters. The summed E-state index contributed by atoms with van der Waals surface area (Å²) in [6, 6.07) is 7.13. The van der Waals surface area contributed by atoms with Crippen LogP contribution in [0.2, 0.25) is 0 Å². The molecule has 1 unspecified atom stereocenters. The summed E-state index contributed by atoms with van der Waals surface area (Å²) < 4.78 is 13.8. The van der Waals surface area contributed by atoms with Crippen LogP contribution in [0.3, 0.4) is 0 Å². The van der Waals surface area contributed by atoms with Gasteiger partial charge in [-0.05, 0) is 37.1 Å². The smallest absolute Gasteiger partial charge is 0.225 e. The third kappa shape index (κ3) is 6.76. The number of piperazine rings is 1. The molecule has 7 nitrogen and oxygen atoms in total. The van der Waals surface area contributed by atoms with Crippen molar-refractivity contribution in [2.24, 2.45) is 4.99 Å². The maximum absolute atomic E-state index is 13.8. The topological polar surface area (TPSA) is 68.7 Å². The van der Waals surface area contributed by atoms with E-state index in [1.807, 2.05) is 19.1 Å². The number of benzene rings is 1. The minimum absolute atomic E-state index is 0. The van der Waals surface area contributed by atoms with E-state index in [4.69, 9.17) is 0 Å². The summed E-state index contributed by atoms with van der Waals surface area (Å²) >= 11 is 0. The lowest BCUT2D eigenvalue weighted by molar-refractivity contribution is 0.260. The number of aliphatic imine (C=N–C) groups is 1. The summed E-state index contributed by atoms with van der Waals surface area (Å²) in [6.45, 7) is 9.29. The Kier molecular flexibility index (Phi) is 9.70. The standard InChI is InChI=1S/C21H30FN7.HI/c1-16-5-6-18(15-19(16)22)17(2)27-20(23-3)24-9-10-28-11-13-29(14-12-28)21-25-7-4-8-26-21;/h4-8,15,17H,9-14H2,1-3H3,(H2,23,24,27);1H. The Labute approximate surface area is 195 Å². The Balaban J connectivity index is 0.00000320. The first kappa shape index (κ1) is 24.3. The van der Waals surface area contributed by atoms with Crippen molar-refractivity contribution in [1.29, 1.82) is 0 Å². The summed E-state index contributed by atoms with van der Waals surface area (Å²) in [5.41, 5.74) is 1.55. The van der Waals surface area contributed by atoms with Gasteiger partial charge in [-0.2, -0.15) is 0 Å². The van der Waals surface area contributed by atoms with Crippen molar-refractivity contribution in [3.63, 3.8) is 0 Å². The summed E-state index contributed by atoms with van der Waals surface area (Å²) in [5.74, 6) is 1.34. The maximum atomic E-state index is 13.8. The lowest BCUT2D eigenvalue weighted by Gasteiger charge is -2.34. The van der Waals surface area contributed by atoms with Gasteiger partial charge >= 0.3 is 0 Å². The van der Waals surface area contributed by atoms with E-state index in [0.717, 1.165) is 56.7 Å². The molecule has 2 N–H and O–H groups in total. The Bertz CT molecular complexity index is 810. The molecule has 1 aromatic heterocycles. The predicted octanol–water partition coefficient (Wildman–Crippen LogP) is 2.59. The summed E-state index contributed by atoms with van der Waals surface area (Å²) in [7, 11) is 1.75. The molecule has 1 aromatic carbocycles. The van der Waals surface area contributed by atoms with Gasteiger partial charge < -0.3 is 15.5 Å². The van der Waals surface area contributed by atoms with Gasteiger partial charge in [-0.15, -0.1) is 24.0 Å². The monoisotopic (exact) mass is 527 g/mol. The highest BCUT2D eigenvalue weighted by molar-refractivity contribution is 14.0. The van der Waals surface area contributed by atoms with Crippen molar-refractivity contribution in [3.8, 4) is 0 Å². The molecule has 2 aromatic rings. The normalized spacial score (nSPS) is 16.0. The fourth-order valence-electron chi connectivity index (χ4n) is 3.32. The molecule has 0 spiro atoms. The van der Waals surface area contributed by atoms with Crippen LogP contribution < -0.4 is 15.5 Å². The number of hydrogen-bond donors (Lipinski definition) is 2. The van der Waals surface area contributed by atoms with E-state index in [2.05, 4.69) is 35.4 Å². The van der Waals surface area contributed by atoms with Gasteiger partial charge in [-0.1, -0.05) is 12.1 Å². The number of anilines is 1. The number of halogens is 2. The molecule has 1 fully saturated rings. The highest BCUT2D eigenvalue weighted by Gasteiger charge is 2.18. The van der Waals surface area contributed by atoms with E-state index in [1.165, 1.54) is 0 Å². The number of aromatic nitrogens is 2. The number of rotatable bonds is 6. The molecule has 3 rings (SSSR count). The Hall–Kier alpha value is -2.01. The van der Waals surface area contributed by atoms with E-state index in [9.17, 15) is 4.39 Å². The van der Waals surface area contributed by atoms with Crippen LogP contribution in [0.4, 0.5) is 10.3 Å². The van der Waals surface area contributed by atoms with Crippen molar-refractivity contribution in [1.82, 2.24) is 25.5 Å². The minimum Gasteiger partial charge on any atom is -0.355 e. The molecular weight excluding hydrogens is 496 g/mol. The molecule has 1 saturated heterocycles. The van der Waals surface area contributed by atoms with Gasteiger partial charge in [-0.25, -0.2) is 14.4 Å². The maximum Gasteiger partial charge on any atom is 0.225 e. The van der Waals surface area contributed by atoms with E-state index < -0.39 is 0 Å². The molecule has 0 amide bonds. The predicted molar refractivity (Wildman–Crippen MR) is 130 cm³/mol. The van der Waals surface area contributed by atoms with Crippen LogP contribution in [0.25, 0.3) is 0 Å². The number of aryl methyl sites for hydroxylation is 1. The van der Waals surface area contributed by atoms with Gasteiger partial charge in [-0.3, -0.25) is 9.89 Å². The highest BCUT2D eigenvalue weighted by Crippen LogP contribution is 2.16. The number of guanidine groups is 1. The van der Waals surface area contributed by atoms with Crippen LogP contribution in [0.15, 0.2) is 41.7 Å². The number of hydrogen-bond acceptors (Lipinski definition) is 5. The average Bonchev–Trinajstić information content (AvgIpc) is 2.76. The SMILES string of the molecule is CN=C(NCCN1CCN(c2ncccn2)CC1)NC(C)c1ccc(C)c(F)c1.I. The molecule has 1 aliphatic rings. The number of nitrogens with zero attached hydrogens (tertiary/aromatic N) is 5. The first-order valence-corrected chi connectivity index (χ1v) is 10.0. The second-order valence-corrected chi connectivity index (χ2v) is 7.25. The second-order valence-electron chi connectivity index (χ2n) is 7.25. The van der Waals surface area contributed by atoms with E-state index in [0.29, 0.717) is 5.56 Å². The van der Waals surface area contributed by atoms with Crippen LogP contribution >= 0.6 is 24.0 Å². The van der Waals surface area contributed by atoms with Gasteiger partial charge in [0.1, 0.15) is 5.82 Å². The Morgan fingerprint density at radius 1 is 1.20 bits per heavy atom. The van der Waals surface area contributed by atoms with Crippen LogP contribution in [0.5, 0.6) is 0 Å². The fraction of sp³-hybridized carbons (Fsp3) is 0.476. The first-order chi connectivity index (χ1) is 14.1. The van der Waals surface area contributed by atoms with Crippen molar-refractivity contribution in [2.75, 3.05) is 51.2 Å². The average molecular weight is 527 g/mol. The van der Waals surface area contributed by atoms with Gasteiger partial charge in [0, 0.05) is 58.7 Å². The number of nitrogens with one attached hydrogen (secondary N) is 2. The third-order valence-electron chi connectivity index (χ3n) is 5.20. The molecule has 9 heteroatoms. The zero-order chi connectivity index (χ0) is 20.6. The van der Waals surface area contributed by atoms with Gasteiger partial charge in [0.15, 0.2) is 5.96 Å². The quantitative estimate of drug-likeness (QED) is 0.342.